The normalized spacial score (nSPS) is 10.5. The van der Waals surface area contributed by atoms with Gasteiger partial charge in [-0.1, -0.05) is 17.8 Å². The smallest absolute Gasteiger partial charge is 0.325 e. The van der Waals surface area contributed by atoms with Gasteiger partial charge in [-0.2, -0.15) is 0 Å². The number of carboxylic acids is 1. The maximum atomic E-state index is 11.7. The van der Waals surface area contributed by atoms with Crippen molar-refractivity contribution in [2.75, 3.05) is 12.3 Å². The van der Waals surface area contributed by atoms with Crippen LogP contribution in [-0.4, -0.2) is 49.5 Å². The minimum Gasteiger partial charge on any atom is -0.480 e. The number of rotatable bonds is 8. The number of tetrazole rings is 1. The Bertz CT molecular complexity index is 599. The Labute approximate surface area is 128 Å². The van der Waals surface area contributed by atoms with Crippen molar-refractivity contribution in [1.29, 1.82) is 0 Å². The number of aliphatic carboxylic acids is 1. The Morgan fingerprint density at radius 1 is 1.48 bits per heavy atom. The molecular formula is C11H13N5O3S2. The molecular weight excluding hydrogens is 314 g/mol. The summed E-state index contributed by atoms with van der Waals surface area (Å²) in [5, 5.41) is 24.4. The predicted octanol–water partition coefficient (Wildman–Crippen LogP) is 0.270. The number of carbonyl (C=O) groups is 2. The predicted molar refractivity (Wildman–Crippen MR) is 77.2 cm³/mol. The zero-order valence-corrected chi connectivity index (χ0v) is 12.6. The maximum absolute atomic E-state index is 11.7. The summed E-state index contributed by atoms with van der Waals surface area (Å²) in [6.45, 7) is 0.245. The molecule has 0 aliphatic heterocycles. The molecule has 0 radical (unpaired) electrons. The van der Waals surface area contributed by atoms with Gasteiger partial charge in [-0.25, -0.2) is 4.68 Å². The molecule has 0 aliphatic carbocycles. The standard InChI is InChI=1S/C11H13N5O3S2/c17-9(12-4-3-8-2-1-5-20-8)7-21-11-13-14-15-16(11)6-10(18)19/h1-2,5H,3-4,6-7H2,(H,12,17)(H,18,19). The molecule has 1 amide bonds. The van der Waals surface area contributed by atoms with E-state index in [1.54, 1.807) is 11.3 Å². The van der Waals surface area contributed by atoms with Gasteiger partial charge in [0.2, 0.25) is 11.1 Å². The second-order valence-electron chi connectivity index (χ2n) is 3.98. The molecule has 0 unspecified atom stereocenters. The SMILES string of the molecule is O=C(O)Cn1nnnc1SCC(=O)NCCc1cccs1. The summed E-state index contributed by atoms with van der Waals surface area (Å²) in [7, 11) is 0. The van der Waals surface area contributed by atoms with E-state index in [2.05, 4.69) is 20.8 Å². The number of thioether (sulfide) groups is 1. The first-order valence-electron chi connectivity index (χ1n) is 6.05. The molecule has 10 heteroatoms. The van der Waals surface area contributed by atoms with Gasteiger partial charge in [0.15, 0.2) is 0 Å². The molecule has 0 fully saturated rings. The van der Waals surface area contributed by atoms with Crippen LogP contribution < -0.4 is 5.32 Å². The quantitative estimate of drug-likeness (QED) is 0.670. The third kappa shape index (κ3) is 5.16. The monoisotopic (exact) mass is 327 g/mol. The van der Waals surface area contributed by atoms with Gasteiger partial charge < -0.3 is 10.4 Å². The highest BCUT2D eigenvalue weighted by atomic mass is 32.2. The number of nitrogens with one attached hydrogen (secondary N) is 1. The van der Waals surface area contributed by atoms with Gasteiger partial charge in [0.25, 0.3) is 0 Å². The number of amides is 1. The van der Waals surface area contributed by atoms with Crippen molar-refractivity contribution in [2.45, 2.75) is 18.1 Å². The first kappa shape index (κ1) is 15.4. The fourth-order valence-corrected chi connectivity index (χ4v) is 2.90. The lowest BCUT2D eigenvalue weighted by Gasteiger charge is -2.04. The Hall–Kier alpha value is -1.94. The van der Waals surface area contributed by atoms with E-state index < -0.39 is 5.97 Å². The summed E-state index contributed by atoms with van der Waals surface area (Å²) in [5.74, 6) is -1.03. The summed E-state index contributed by atoms with van der Waals surface area (Å²) in [5.41, 5.74) is 0. The highest BCUT2D eigenvalue weighted by Gasteiger charge is 2.12. The van der Waals surface area contributed by atoms with Crippen molar-refractivity contribution in [3.05, 3.63) is 22.4 Å². The Kier molecular flexibility index (Phi) is 5.69. The second-order valence-corrected chi connectivity index (χ2v) is 5.96. The molecule has 112 valence electrons. The summed E-state index contributed by atoms with van der Waals surface area (Å²) >= 11 is 2.76. The molecule has 2 aromatic heterocycles. The van der Waals surface area contributed by atoms with Crippen molar-refractivity contribution in [3.8, 4) is 0 Å². The molecule has 0 aliphatic rings. The van der Waals surface area contributed by atoms with E-state index in [1.165, 1.54) is 4.88 Å². The van der Waals surface area contributed by atoms with Crippen molar-refractivity contribution in [1.82, 2.24) is 25.5 Å². The van der Waals surface area contributed by atoms with Crippen LogP contribution in [0.25, 0.3) is 0 Å². The number of hydrogen-bond donors (Lipinski definition) is 2. The molecule has 2 aromatic rings. The highest BCUT2D eigenvalue weighted by Crippen LogP contribution is 2.13. The Morgan fingerprint density at radius 3 is 3.05 bits per heavy atom. The van der Waals surface area contributed by atoms with Gasteiger partial charge in [-0.05, 0) is 28.3 Å². The molecule has 8 nitrogen and oxygen atoms in total. The van der Waals surface area contributed by atoms with Crippen LogP contribution in [0.4, 0.5) is 0 Å². The molecule has 21 heavy (non-hydrogen) atoms. The van der Waals surface area contributed by atoms with Crippen LogP contribution in [-0.2, 0) is 22.6 Å². The second kappa shape index (κ2) is 7.74. The van der Waals surface area contributed by atoms with Gasteiger partial charge in [0, 0.05) is 11.4 Å². The van der Waals surface area contributed by atoms with E-state index in [9.17, 15) is 9.59 Å². The van der Waals surface area contributed by atoms with Gasteiger partial charge in [-0.15, -0.1) is 16.4 Å². The molecule has 0 saturated heterocycles. The van der Waals surface area contributed by atoms with Gasteiger partial charge >= 0.3 is 5.97 Å². The molecule has 0 saturated carbocycles. The van der Waals surface area contributed by atoms with Crippen molar-refractivity contribution < 1.29 is 14.7 Å². The van der Waals surface area contributed by atoms with E-state index in [-0.39, 0.29) is 18.2 Å². The van der Waals surface area contributed by atoms with Crippen molar-refractivity contribution in [3.63, 3.8) is 0 Å². The van der Waals surface area contributed by atoms with Crippen LogP contribution in [0.1, 0.15) is 4.88 Å². The molecule has 2 rings (SSSR count). The number of nitrogens with zero attached hydrogens (tertiary/aromatic N) is 4. The summed E-state index contributed by atoms with van der Waals surface area (Å²) in [6, 6.07) is 3.99. The van der Waals surface area contributed by atoms with E-state index in [4.69, 9.17) is 5.11 Å². The van der Waals surface area contributed by atoms with E-state index in [0.717, 1.165) is 22.9 Å². The van der Waals surface area contributed by atoms with E-state index >= 15 is 0 Å². The summed E-state index contributed by atoms with van der Waals surface area (Å²) < 4.78 is 1.14. The van der Waals surface area contributed by atoms with Crippen LogP contribution >= 0.6 is 23.1 Å². The first-order valence-corrected chi connectivity index (χ1v) is 7.91. The van der Waals surface area contributed by atoms with Crippen LogP contribution in [0.15, 0.2) is 22.7 Å². The number of aromatic nitrogens is 4. The van der Waals surface area contributed by atoms with E-state index in [1.807, 2.05) is 17.5 Å². The maximum Gasteiger partial charge on any atom is 0.325 e. The van der Waals surface area contributed by atoms with Gasteiger partial charge in [-0.3, -0.25) is 9.59 Å². The third-order valence-corrected chi connectivity index (χ3v) is 4.28. The minimum absolute atomic E-state index is 0.138. The Morgan fingerprint density at radius 2 is 2.33 bits per heavy atom. The van der Waals surface area contributed by atoms with Gasteiger partial charge in [0.05, 0.1) is 5.75 Å². The number of carboxylic acid groups (broad SMARTS) is 1. The fraction of sp³-hybridized carbons (Fsp3) is 0.364. The average molecular weight is 327 g/mol. The molecule has 0 bridgehead atoms. The Balaban J connectivity index is 1.71. The number of carbonyl (C=O) groups excluding carboxylic acids is 1. The fourth-order valence-electron chi connectivity index (χ4n) is 1.49. The topological polar surface area (TPSA) is 110 Å². The van der Waals surface area contributed by atoms with Crippen molar-refractivity contribution >= 4 is 35.0 Å². The van der Waals surface area contributed by atoms with E-state index in [0.29, 0.717) is 11.7 Å². The van der Waals surface area contributed by atoms with Crippen LogP contribution in [0.3, 0.4) is 0 Å². The highest BCUT2D eigenvalue weighted by molar-refractivity contribution is 7.99. The summed E-state index contributed by atoms with van der Waals surface area (Å²) in [6.07, 6.45) is 0.796. The first-order chi connectivity index (χ1) is 10.1. The number of hydrogen-bond acceptors (Lipinski definition) is 7. The third-order valence-electron chi connectivity index (χ3n) is 2.39. The zero-order chi connectivity index (χ0) is 15.1. The lowest BCUT2D eigenvalue weighted by atomic mass is 10.3. The largest absolute Gasteiger partial charge is 0.480 e. The molecule has 0 aromatic carbocycles. The molecule has 0 atom stereocenters. The minimum atomic E-state index is -1.04. The molecule has 2 N–H and O–H groups in total. The van der Waals surface area contributed by atoms with Crippen molar-refractivity contribution in [2.24, 2.45) is 0 Å². The van der Waals surface area contributed by atoms with Crippen LogP contribution in [0, 0.1) is 0 Å². The molecule has 2 heterocycles. The lowest BCUT2D eigenvalue weighted by molar-refractivity contribution is -0.138. The average Bonchev–Trinajstić information content (AvgIpc) is 3.07. The van der Waals surface area contributed by atoms with Gasteiger partial charge in [0.1, 0.15) is 6.54 Å². The van der Waals surface area contributed by atoms with Crippen LogP contribution in [0.2, 0.25) is 0 Å². The van der Waals surface area contributed by atoms with Crippen LogP contribution in [0.5, 0.6) is 0 Å². The lowest BCUT2D eigenvalue weighted by Crippen LogP contribution is -2.27. The zero-order valence-electron chi connectivity index (χ0n) is 10.9. The number of thiophene rings is 1. The summed E-state index contributed by atoms with van der Waals surface area (Å²) in [4.78, 5) is 23.5. The molecule has 0 spiro atoms.